The second kappa shape index (κ2) is 10.5. The number of hydrogen-bond donors (Lipinski definition) is 0. The number of nitriles is 1. The van der Waals surface area contributed by atoms with E-state index < -0.39 is 0 Å². The Balaban J connectivity index is 1.38. The van der Waals surface area contributed by atoms with Crippen LogP contribution in [0.4, 0.5) is 0 Å². The van der Waals surface area contributed by atoms with Crippen molar-refractivity contribution in [2.45, 2.75) is 155 Å². The summed E-state index contributed by atoms with van der Waals surface area (Å²) in [6.45, 7) is 33.3. The van der Waals surface area contributed by atoms with Crippen molar-refractivity contribution in [3.05, 3.63) is 87.7 Å². The maximum Gasteiger partial charge on any atom is 0.0995 e. The van der Waals surface area contributed by atoms with Gasteiger partial charge in [-0.2, -0.15) is 5.26 Å². The van der Waals surface area contributed by atoms with Crippen LogP contribution in [0, 0.1) is 11.3 Å². The van der Waals surface area contributed by atoms with Gasteiger partial charge in [-0.1, -0.05) is 96.9 Å². The SMILES string of the molecule is CC(C)(C)c1cc2c3cc4c(cc3n3c5cnc6c(c5c(c1)c23)C(C)(C)CCC6(C)C)c1cc(C(C)(C)C)cc2c3c5c(c(C#N)cc3n4c12)C(C)(C)CCC5(C)C. The fourth-order valence-corrected chi connectivity index (χ4v) is 12.0. The summed E-state index contributed by atoms with van der Waals surface area (Å²) < 4.78 is 5.11. The summed E-state index contributed by atoms with van der Waals surface area (Å²) in [6, 6.07) is 19.9. The monoisotopic (exact) mass is 762 g/mol. The van der Waals surface area contributed by atoms with Crippen LogP contribution in [0.2, 0.25) is 0 Å². The molecule has 2 aliphatic rings. The minimum Gasteiger partial charge on any atom is -0.308 e. The Morgan fingerprint density at radius 1 is 0.500 bits per heavy atom. The largest absolute Gasteiger partial charge is 0.308 e. The Kier molecular flexibility index (Phi) is 6.53. The Morgan fingerprint density at radius 3 is 1.43 bits per heavy atom. The lowest BCUT2D eigenvalue weighted by molar-refractivity contribution is 0.326. The first-order valence-corrected chi connectivity index (χ1v) is 21.8. The van der Waals surface area contributed by atoms with Crippen molar-refractivity contribution in [2.24, 2.45) is 0 Å². The van der Waals surface area contributed by atoms with Gasteiger partial charge in [0.1, 0.15) is 0 Å². The zero-order valence-electron chi connectivity index (χ0n) is 37.2. The van der Waals surface area contributed by atoms with Crippen LogP contribution in [0.1, 0.15) is 162 Å². The van der Waals surface area contributed by atoms with E-state index in [2.05, 4.69) is 160 Å². The van der Waals surface area contributed by atoms with E-state index in [9.17, 15) is 5.26 Å². The number of nitrogens with zero attached hydrogens (tertiary/aromatic N) is 4. The lowest BCUT2D eigenvalue weighted by atomic mass is 9.61. The quantitative estimate of drug-likeness (QED) is 0.154. The zero-order chi connectivity index (χ0) is 41.2. The molecule has 0 radical (unpaired) electrons. The topological polar surface area (TPSA) is 45.5 Å². The van der Waals surface area contributed by atoms with Gasteiger partial charge in [0.2, 0.25) is 0 Å². The second-order valence-corrected chi connectivity index (χ2v) is 23.4. The number of rotatable bonds is 0. The number of aromatic nitrogens is 3. The highest BCUT2D eigenvalue weighted by Gasteiger charge is 2.43. The molecule has 0 unspecified atom stereocenters. The molecule has 0 atom stereocenters. The van der Waals surface area contributed by atoms with E-state index in [0.29, 0.717) is 0 Å². The third kappa shape index (κ3) is 4.33. The molecule has 4 aromatic carbocycles. The molecule has 0 saturated heterocycles. The van der Waals surface area contributed by atoms with E-state index in [4.69, 9.17) is 4.98 Å². The summed E-state index contributed by atoms with van der Waals surface area (Å²) in [6.07, 6.45) is 6.66. The van der Waals surface area contributed by atoms with Crippen LogP contribution < -0.4 is 0 Å². The average molecular weight is 763 g/mol. The molecule has 0 fully saturated rings. The van der Waals surface area contributed by atoms with Crippen LogP contribution in [0.5, 0.6) is 0 Å². The van der Waals surface area contributed by atoms with Crippen LogP contribution in [0.3, 0.4) is 0 Å². The normalized spacial score (nSPS) is 19.1. The van der Waals surface area contributed by atoms with E-state index in [1.165, 1.54) is 110 Å². The number of fused-ring (bicyclic) bond motifs is 16. The molecule has 2 aliphatic carbocycles. The summed E-state index contributed by atoms with van der Waals surface area (Å²) in [5.74, 6) is 0. The fourth-order valence-electron chi connectivity index (χ4n) is 12.0. The first kappa shape index (κ1) is 36.2. The van der Waals surface area contributed by atoms with Gasteiger partial charge in [-0.3, -0.25) is 4.98 Å². The Hall–Kier alpha value is -4.88. The predicted octanol–water partition coefficient (Wildman–Crippen LogP) is 14.5. The van der Waals surface area contributed by atoms with Crippen LogP contribution in [0.25, 0.3) is 76.2 Å². The second-order valence-electron chi connectivity index (χ2n) is 23.4. The summed E-state index contributed by atoms with van der Waals surface area (Å²) in [5.41, 5.74) is 16.2. The smallest absolute Gasteiger partial charge is 0.0995 e. The van der Waals surface area contributed by atoms with Crippen molar-refractivity contribution in [3.8, 4) is 6.07 Å². The van der Waals surface area contributed by atoms with Gasteiger partial charge in [0.15, 0.2) is 0 Å². The van der Waals surface area contributed by atoms with Gasteiger partial charge < -0.3 is 8.80 Å². The van der Waals surface area contributed by atoms with Crippen molar-refractivity contribution < 1.29 is 0 Å². The molecule has 0 N–H and O–H groups in total. The van der Waals surface area contributed by atoms with Gasteiger partial charge >= 0.3 is 0 Å². The molecule has 0 saturated carbocycles. The molecule has 294 valence electrons. The highest BCUT2D eigenvalue weighted by Crippen LogP contribution is 2.55. The molecule has 9 aromatic rings. The average Bonchev–Trinajstić information content (AvgIpc) is 3.85. The molecular formula is C54H58N4. The molecule has 58 heavy (non-hydrogen) atoms. The highest BCUT2D eigenvalue weighted by molar-refractivity contribution is 6.30. The van der Waals surface area contributed by atoms with Crippen LogP contribution >= 0.6 is 0 Å². The van der Waals surface area contributed by atoms with Crippen molar-refractivity contribution in [1.29, 1.82) is 5.26 Å². The van der Waals surface area contributed by atoms with Crippen molar-refractivity contribution in [1.82, 2.24) is 13.8 Å². The third-order valence-corrected chi connectivity index (χ3v) is 15.5. The fraction of sp³-hybridized carbons (Fsp3) is 0.444. The van der Waals surface area contributed by atoms with E-state index in [1.807, 2.05) is 0 Å². The lowest BCUT2D eigenvalue weighted by Crippen LogP contribution is -2.35. The molecule has 0 bridgehead atoms. The molecule has 0 amide bonds. The third-order valence-electron chi connectivity index (χ3n) is 15.5. The van der Waals surface area contributed by atoms with Gasteiger partial charge in [0.25, 0.3) is 0 Å². The molecule has 0 aliphatic heterocycles. The molecule has 0 spiro atoms. The highest BCUT2D eigenvalue weighted by atomic mass is 14.9. The van der Waals surface area contributed by atoms with Gasteiger partial charge in [-0.25, -0.2) is 0 Å². The maximum absolute atomic E-state index is 10.9. The Labute approximate surface area is 342 Å². The molecular weight excluding hydrogens is 705 g/mol. The van der Waals surface area contributed by atoms with Gasteiger partial charge in [0, 0.05) is 48.5 Å². The van der Waals surface area contributed by atoms with Gasteiger partial charge in [0.05, 0.1) is 56.6 Å². The zero-order valence-corrected chi connectivity index (χ0v) is 37.2. The van der Waals surface area contributed by atoms with Crippen LogP contribution in [0.15, 0.2) is 48.7 Å². The predicted molar refractivity (Wildman–Crippen MR) is 246 cm³/mol. The number of hydrogen-bond acceptors (Lipinski definition) is 2. The number of benzene rings is 4. The van der Waals surface area contributed by atoms with Crippen LogP contribution in [-0.4, -0.2) is 13.8 Å². The molecule has 5 aromatic heterocycles. The van der Waals surface area contributed by atoms with Crippen molar-refractivity contribution >= 4 is 76.2 Å². The van der Waals surface area contributed by atoms with Crippen LogP contribution in [-0.2, 0) is 32.5 Å². The molecule has 5 heterocycles. The summed E-state index contributed by atoms with van der Waals surface area (Å²) in [7, 11) is 0. The van der Waals surface area contributed by atoms with Gasteiger partial charge in [-0.05, 0) is 123 Å². The van der Waals surface area contributed by atoms with E-state index in [0.717, 1.165) is 31.2 Å². The summed E-state index contributed by atoms with van der Waals surface area (Å²) >= 11 is 0. The Morgan fingerprint density at radius 2 is 0.931 bits per heavy atom. The minimum absolute atomic E-state index is 0.0170. The summed E-state index contributed by atoms with van der Waals surface area (Å²) in [4.78, 5) is 5.39. The first-order valence-electron chi connectivity index (χ1n) is 21.8. The van der Waals surface area contributed by atoms with E-state index in [1.54, 1.807) is 0 Å². The first-order chi connectivity index (χ1) is 27.0. The standard InChI is InChI=1S/C54H58N4/c1-49(2,3)29-20-33-31-25-38-32(24-37(31)57-39-19-28(26-55)43-44(41(39)35(22-29)46(33)57)52(9,10)16-15-51(43,7)8)34-21-30(50(4,5)6)23-36-42-40(58(38)47(34)36)27-56-48-45(42)53(11,12)17-18-54(48,13)14/h19-25,27H,15-18H2,1-14H3. The van der Waals surface area contributed by atoms with Crippen molar-refractivity contribution in [2.75, 3.05) is 0 Å². The van der Waals surface area contributed by atoms with Gasteiger partial charge in [-0.15, -0.1) is 0 Å². The lowest BCUT2D eigenvalue weighted by Gasteiger charge is -2.43. The Bertz CT molecular complexity index is 3350. The molecule has 4 heteroatoms. The number of pyridine rings is 1. The van der Waals surface area contributed by atoms with E-state index >= 15 is 0 Å². The maximum atomic E-state index is 10.9. The van der Waals surface area contributed by atoms with Crippen molar-refractivity contribution in [3.63, 3.8) is 0 Å². The summed E-state index contributed by atoms with van der Waals surface area (Å²) in [5, 5.41) is 21.5. The minimum atomic E-state index is -0.0788. The molecule has 4 nitrogen and oxygen atoms in total. The van der Waals surface area contributed by atoms with E-state index in [-0.39, 0.29) is 32.5 Å². The molecule has 11 rings (SSSR count).